The summed E-state index contributed by atoms with van der Waals surface area (Å²) in [5.41, 5.74) is 0. The van der Waals surface area contributed by atoms with E-state index in [0.29, 0.717) is 0 Å². The molecule has 1 saturated heterocycles. The first-order chi connectivity index (χ1) is 20.7. The number of halogens is 1. The maximum absolute atomic E-state index is 8.55. The summed E-state index contributed by atoms with van der Waals surface area (Å²) in [6.45, 7) is 0. The standard InChI is InChI=1S/C36H31ClN2Si3/c37-40(31-19-7-1-8-20-31,32-21-9-2-10-22-32)39-41(33-23-11-3-12-24-33,34-25-13-4-14-26-34)38-42(39,35-27-15-5-16-28-35)36-29-17-6-18-30-36/h1-30,38H. The Morgan fingerprint density at radius 1 is 0.381 bits per heavy atom. The van der Waals surface area contributed by atoms with Crippen molar-refractivity contribution in [1.82, 2.24) is 8.54 Å². The zero-order valence-corrected chi connectivity index (χ0v) is 26.9. The smallest absolute Gasteiger partial charge is 0.282 e. The van der Waals surface area contributed by atoms with Gasteiger partial charge < -0.3 is 8.54 Å². The number of benzene rings is 6. The molecule has 0 bridgehead atoms. The minimum absolute atomic E-state index is 1.20. The van der Waals surface area contributed by atoms with E-state index in [0.717, 1.165) is 0 Å². The average Bonchev–Trinajstić information content (AvgIpc) is 3.07. The fourth-order valence-electron chi connectivity index (χ4n) is 6.63. The monoisotopic (exact) mass is 610 g/mol. The van der Waals surface area contributed by atoms with Gasteiger partial charge in [0.05, 0.1) is 0 Å². The summed E-state index contributed by atoms with van der Waals surface area (Å²) < 4.78 is 7.43. The summed E-state index contributed by atoms with van der Waals surface area (Å²) >= 11 is 8.55. The van der Waals surface area contributed by atoms with Crippen LogP contribution in [0.3, 0.4) is 0 Å². The number of hydrogen-bond acceptors (Lipinski definition) is 2. The van der Waals surface area contributed by atoms with Gasteiger partial charge in [-0.05, 0) is 31.1 Å². The Kier molecular flexibility index (Phi) is 7.15. The van der Waals surface area contributed by atoms with Crippen LogP contribution in [0.25, 0.3) is 0 Å². The SMILES string of the molecule is Cl[Si](c1ccccc1)(c1ccccc1)N1[Si](c2ccccc2)(c2ccccc2)N[Si]1(c1ccccc1)c1ccccc1. The van der Waals surface area contributed by atoms with Crippen LogP contribution in [0.4, 0.5) is 0 Å². The second-order valence-electron chi connectivity index (χ2n) is 10.7. The molecule has 1 N–H and O–H groups in total. The van der Waals surface area contributed by atoms with E-state index in [2.05, 4.69) is 191 Å². The third kappa shape index (κ3) is 4.13. The summed E-state index contributed by atoms with van der Waals surface area (Å²) in [6.07, 6.45) is 0. The zero-order valence-electron chi connectivity index (χ0n) is 23.1. The van der Waals surface area contributed by atoms with Gasteiger partial charge in [-0.1, -0.05) is 182 Å². The minimum Gasteiger partial charge on any atom is -0.322 e. The molecule has 0 atom stereocenters. The molecule has 1 aliphatic rings. The molecule has 6 heteroatoms. The summed E-state index contributed by atoms with van der Waals surface area (Å²) in [6, 6.07) is 65.9. The first-order valence-electron chi connectivity index (χ1n) is 14.3. The van der Waals surface area contributed by atoms with Crippen molar-refractivity contribution >= 4 is 66.5 Å². The fourth-order valence-corrected chi connectivity index (χ4v) is 32.4. The Morgan fingerprint density at radius 3 is 0.881 bits per heavy atom. The van der Waals surface area contributed by atoms with E-state index < -0.39 is 24.3 Å². The molecule has 1 fully saturated rings. The maximum atomic E-state index is 8.55. The molecule has 0 spiro atoms. The van der Waals surface area contributed by atoms with Crippen molar-refractivity contribution in [3.05, 3.63) is 182 Å². The highest BCUT2D eigenvalue weighted by Crippen LogP contribution is 2.35. The van der Waals surface area contributed by atoms with E-state index in [-0.39, 0.29) is 0 Å². The zero-order chi connectivity index (χ0) is 28.5. The lowest BCUT2D eigenvalue weighted by Crippen LogP contribution is -3.10. The lowest BCUT2D eigenvalue weighted by Gasteiger charge is -2.69. The second-order valence-corrected chi connectivity index (χ2v) is 23.6. The summed E-state index contributed by atoms with van der Waals surface area (Å²) in [7, 11) is -8.86. The Bertz CT molecular complexity index is 1440. The fraction of sp³-hybridized carbons (Fsp3) is 0. The van der Waals surface area contributed by atoms with Gasteiger partial charge in [0.2, 0.25) is 0 Å². The first-order valence-corrected chi connectivity index (χ1v) is 21.2. The van der Waals surface area contributed by atoms with Crippen molar-refractivity contribution in [2.45, 2.75) is 0 Å². The number of rotatable bonds is 7. The molecular formula is C36H31ClN2Si3. The van der Waals surface area contributed by atoms with Crippen molar-refractivity contribution in [3.63, 3.8) is 0 Å². The lowest BCUT2D eigenvalue weighted by atomic mass is 10.4. The highest BCUT2D eigenvalue weighted by atomic mass is 35.6. The quantitative estimate of drug-likeness (QED) is 0.218. The van der Waals surface area contributed by atoms with Crippen LogP contribution >= 0.6 is 11.1 Å². The predicted molar refractivity (Wildman–Crippen MR) is 185 cm³/mol. The van der Waals surface area contributed by atoms with Gasteiger partial charge in [0.15, 0.2) is 0 Å². The Labute approximate surface area is 256 Å². The molecule has 7 rings (SSSR count). The van der Waals surface area contributed by atoms with Crippen LogP contribution in [0, 0.1) is 0 Å². The van der Waals surface area contributed by atoms with Gasteiger partial charge in [0.1, 0.15) is 0 Å². The molecule has 0 aromatic heterocycles. The highest BCUT2D eigenvalue weighted by Gasteiger charge is 2.74. The van der Waals surface area contributed by atoms with Crippen LogP contribution in [0.2, 0.25) is 0 Å². The molecule has 0 amide bonds. The van der Waals surface area contributed by atoms with Crippen LogP contribution in [-0.2, 0) is 0 Å². The van der Waals surface area contributed by atoms with E-state index in [1.165, 1.54) is 31.1 Å². The maximum Gasteiger partial charge on any atom is 0.282 e. The van der Waals surface area contributed by atoms with E-state index in [9.17, 15) is 0 Å². The number of nitrogens with one attached hydrogen (secondary N) is 1. The molecule has 42 heavy (non-hydrogen) atoms. The molecule has 1 heterocycles. The van der Waals surface area contributed by atoms with E-state index in [1.807, 2.05) is 0 Å². The Balaban J connectivity index is 1.65. The molecule has 0 unspecified atom stereocenters. The van der Waals surface area contributed by atoms with Crippen molar-refractivity contribution in [3.8, 4) is 0 Å². The van der Waals surface area contributed by atoms with Gasteiger partial charge in [-0.15, -0.1) is 11.1 Å². The van der Waals surface area contributed by atoms with Gasteiger partial charge >= 0.3 is 0 Å². The van der Waals surface area contributed by atoms with Gasteiger partial charge in [-0.2, -0.15) is 0 Å². The van der Waals surface area contributed by atoms with Gasteiger partial charge in [0.25, 0.3) is 24.3 Å². The van der Waals surface area contributed by atoms with E-state index >= 15 is 0 Å². The molecule has 1 aliphatic heterocycles. The summed E-state index contributed by atoms with van der Waals surface area (Å²) in [4.78, 5) is 0. The molecule has 6 aromatic rings. The van der Waals surface area contributed by atoms with Crippen molar-refractivity contribution in [2.24, 2.45) is 0 Å². The van der Waals surface area contributed by atoms with Gasteiger partial charge in [-0.25, -0.2) is 0 Å². The van der Waals surface area contributed by atoms with Crippen molar-refractivity contribution in [2.75, 3.05) is 0 Å². The average molecular weight is 611 g/mol. The molecule has 0 radical (unpaired) electrons. The van der Waals surface area contributed by atoms with Crippen molar-refractivity contribution in [1.29, 1.82) is 0 Å². The van der Waals surface area contributed by atoms with Crippen molar-refractivity contribution < 1.29 is 0 Å². The van der Waals surface area contributed by atoms with E-state index in [1.54, 1.807) is 0 Å². The summed E-state index contributed by atoms with van der Waals surface area (Å²) in [5, 5.41) is 7.66. The van der Waals surface area contributed by atoms with Crippen LogP contribution in [0.1, 0.15) is 0 Å². The Morgan fingerprint density at radius 2 is 0.619 bits per heavy atom. The molecule has 0 saturated carbocycles. The number of hydrogen-bond donors (Lipinski definition) is 1. The van der Waals surface area contributed by atoms with Crippen LogP contribution in [0.15, 0.2) is 182 Å². The van der Waals surface area contributed by atoms with Crippen LogP contribution in [0.5, 0.6) is 0 Å². The summed E-state index contributed by atoms with van der Waals surface area (Å²) in [5.74, 6) is 0. The topological polar surface area (TPSA) is 15.3 Å². The highest BCUT2D eigenvalue weighted by molar-refractivity contribution is 7.45. The molecule has 204 valence electrons. The van der Waals surface area contributed by atoms with Gasteiger partial charge in [0, 0.05) is 0 Å². The van der Waals surface area contributed by atoms with E-state index in [4.69, 9.17) is 11.1 Å². The number of nitrogens with zero attached hydrogens (tertiary/aromatic N) is 1. The molecular weight excluding hydrogens is 580 g/mol. The first kappa shape index (κ1) is 27.0. The molecule has 2 nitrogen and oxygen atoms in total. The minimum atomic E-state index is -3.15. The van der Waals surface area contributed by atoms with Gasteiger partial charge in [-0.3, -0.25) is 0 Å². The normalized spacial score (nSPS) is 15.9. The third-order valence-electron chi connectivity index (χ3n) is 8.42. The van der Waals surface area contributed by atoms with Crippen LogP contribution < -0.4 is 35.8 Å². The van der Waals surface area contributed by atoms with Crippen LogP contribution in [-0.4, -0.2) is 28.2 Å². The Hall–Kier alpha value is -3.82. The second kappa shape index (κ2) is 11.1. The molecule has 6 aromatic carbocycles. The molecule has 0 aliphatic carbocycles. The predicted octanol–water partition coefficient (Wildman–Crippen LogP) is 3.90. The lowest BCUT2D eigenvalue weighted by molar-refractivity contribution is 0.835. The largest absolute Gasteiger partial charge is 0.322 e. The third-order valence-corrected chi connectivity index (χ3v) is 28.8.